The minimum absolute atomic E-state index is 0.0609. The van der Waals surface area contributed by atoms with Crippen molar-refractivity contribution in [3.63, 3.8) is 0 Å². The van der Waals surface area contributed by atoms with Gasteiger partial charge in [-0.25, -0.2) is 4.79 Å². The molecule has 142 valence electrons. The molecular weight excluding hydrogens is 411 g/mol. The maximum absolute atomic E-state index is 12.3. The van der Waals surface area contributed by atoms with Crippen LogP contribution in [0.2, 0.25) is 35.7 Å². The lowest BCUT2D eigenvalue weighted by Crippen LogP contribution is -2.34. The van der Waals surface area contributed by atoms with Gasteiger partial charge in [0.1, 0.15) is 6.73 Å². The molecule has 0 aliphatic carbocycles. The quantitative estimate of drug-likeness (QED) is 0.393. The standard InChI is InChI=1S/C17H22Cl2N2O3SSi/c1-11-15(22)20-17(23)21(10-24-8-9-26(2,3)4)16(11)25-14-12(18)6-5-7-13(14)19/h5-7H,8-10H2,1-4H3,(H,20,22,23). The number of ether oxygens (including phenoxy) is 1. The second-order valence-electron chi connectivity index (χ2n) is 7.12. The third-order valence-electron chi connectivity index (χ3n) is 3.71. The van der Waals surface area contributed by atoms with Gasteiger partial charge in [-0.15, -0.1) is 0 Å². The Balaban J connectivity index is 2.35. The Morgan fingerprint density at radius 3 is 2.38 bits per heavy atom. The second kappa shape index (κ2) is 8.80. The van der Waals surface area contributed by atoms with Crippen LogP contribution in [0.1, 0.15) is 5.56 Å². The van der Waals surface area contributed by atoms with Crippen LogP contribution < -0.4 is 11.2 Å². The molecule has 0 amide bonds. The molecule has 0 spiro atoms. The van der Waals surface area contributed by atoms with Crippen molar-refractivity contribution in [2.24, 2.45) is 0 Å². The van der Waals surface area contributed by atoms with Crippen LogP contribution in [0.15, 0.2) is 37.7 Å². The van der Waals surface area contributed by atoms with Gasteiger partial charge in [0, 0.05) is 20.2 Å². The van der Waals surface area contributed by atoms with Crippen molar-refractivity contribution in [1.82, 2.24) is 9.55 Å². The Bertz CT molecular complexity index is 886. The molecule has 26 heavy (non-hydrogen) atoms. The molecule has 1 N–H and O–H groups in total. The first-order valence-electron chi connectivity index (χ1n) is 8.13. The fraction of sp³-hybridized carbons (Fsp3) is 0.412. The summed E-state index contributed by atoms with van der Waals surface area (Å²) >= 11 is 13.7. The number of hydrogen-bond acceptors (Lipinski definition) is 4. The van der Waals surface area contributed by atoms with Crippen LogP contribution in [0.3, 0.4) is 0 Å². The molecule has 1 aromatic carbocycles. The zero-order chi connectivity index (χ0) is 19.5. The third kappa shape index (κ3) is 5.50. The molecule has 1 heterocycles. The summed E-state index contributed by atoms with van der Waals surface area (Å²) in [4.78, 5) is 27.3. The summed E-state index contributed by atoms with van der Waals surface area (Å²) in [7, 11) is -1.23. The zero-order valence-corrected chi connectivity index (χ0v) is 18.5. The molecule has 0 radical (unpaired) electrons. The van der Waals surface area contributed by atoms with E-state index in [0.717, 1.165) is 6.04 Å². The highest BCUT2D eigenvalue weighted by atomic mass is 35.5. The largest absolute Gasteiger partial charge is 0.361 e. The number of aromatic amines is 1. The van der Waals surface area contributed by atoms with Crippen LogP contribution in [-0.4, -0.2) is 24.2 Å². The Morgan fingerprint density at radius 1 is 1.19 bits per heavy atom. The van der Waals surface area contributed by atoms with E-state index in [1.807, 2.05) is 0 Å². The van der Waals surface area contributed by atoms with Crippen molar-refractivity contribution in [2.75, 3.05) is 6.61 Å². The van der Waals surface area contributed by atoms with Crippen LogP contribution in [0.5, 0.6) is 0 Å². The Hall–Kier alpha value is -0.993. The minimum Gasteiger partial charge on any atom is -0.361 e. The number of halogens is 2. The number of nitrogens with zero attached hydrogens (tertiary/aromatic N) is 1. The summed E-state index contributed by atoms with van der Waals surface area (Å²) in [6.07, 6.45) is 0. The lowest BCUT2D eigenvalue weighted by molar-refractivity contribution is 0.0774. The molecule has 2 rings (SSSR count). The van der Waals surface area contributed by atoms with Crippen LogP contribution in [0, 0.1) is 6.92 Å². The molecule has 0 bridgehead atoms. The molecule has 0 saturated heterocycles. The molecule has 0 atom stereocenters. The van der Waals surface area contributed by atoms with E-state index in [-0.39, 0.29) is 6.73 Å². The van der Waals surface area contributed by atoms with Crippen molar-refractivity contribution in [3.8, 4) is 0 Å². The third-order valence-corrected chi connectivity index (χ3v) is 7.63. The van der Waals surface area contributed by atoms with Crippen molar-refractivity contribution >= 4 is 43.0 Å². The number of H-pyrrole nitrogens is 1. The molecule has 9 heteroatoms. The molecule has 0 aliphatic heterocycles. The lowest BCUT2D eigenvalue weighted by Gasteiger charge is -2.18. The van der Waals surface area contributed by atoms with Gasteiger partial charge >= 0.3 is 5.69 Å². The molecule has 0 unspecified atom stereocenters. The van der Waals surface area contributed by atoms with Gasteiger partial charge in [0.25, 0.3) is 5.56 Å². The summed E-state index contributed by atoms with van der Waals surface area (Å²) < 4.78 is 7.11. The lowest BCUT2D eigenvalue weighted by atomic mass is 10.4. The van der Waals surface area contributed by atoms with Crippen molar-refractivity contribution in [2.45, 2.75) is 49.3 Å². The molecule has 2 aromatic rings. The number of aromatic nitrogens is 2. The molecule has 0 aliphatic rings. The highest BCUT2D eigenvalue weighted by Crippen LogP contribution is 2.38. The first-order valence-corrected chi connectivity index (χ1v) is 13.4. The maximum Gasteiger partial charge on any atom is 0.331 e. The van der Waals surface area contributed by atoms with Crippen LogP contribution in [0.25, 0.3) is 0 Å². The maximum atomic E-state index is 12.3. The van der Waals surface area contributed by atoms with Crippen molar-refractivity contribution in [1.29, 1.82) is 0 Å². The highest BCUT2D eigenvalue weighted by molar-refractivity contribution is 7.99. The van der Waals surface area contributed by atoms with Gasteiger partial charge in [-0.3, -0.25) is 14.3 Å². The Morgan fingerprint density at radius 2 is 1.81 bits per heavy atom. The summed E-state index contributed by atoms with van der Waals surface area (Å²) in [5, 5.41) is 1.39. The van der Waals surface area contributed by atoms with Gasteiger partial charge in [-0.05, 0) is 25.1 Å². The summed E-state index contributed by atoms with van der Waals surface area (Å²) in [5.41, 5.74) is -0.530. The Kier molecular flexibility index (Phi) is 7.21. The second-order valence-corrected chi connectivity index (χ2v) is 14.6. The van der Waals surface area contributed by atoms with E-state index in [1.165, 1.54) is 16.3 Å². The molecule has 0 saturated carbocycles. The average molecular weight is 433 g/mol. The SMILES string of the molecule is Cc1c(Sc2c(Cl)cccc2Cl)n(COCC[Si](C)(C)C)c(=O)[nH]c1=O. The average Bonchev–Trinajstić information content (AvgIpc) is 2.53. The molecular formula is C17H22Cl2N2O3SSi. The minimum atomic E-state index is -1.23. The van der Waals surface area contributed by atoms with Gasteiger partial charge < -0.3 is 4.74 Å². The predicted octanol–water partition coefficient (Wildman–Crippen LogP) is 4.62. The van der Waals surface area contributed by atoms with E-state index in [0.29, 0.717) is 32.1 Å². The topological polar surface area (TPSA) is 64.1 Å². The number of hydrogen-bond donors (Lipinski definition) is 1. The number of rotatable bonds is 7. The van der Waals surface area contributed by atoms with Crippen molar-refractivity contribution in [3.05, 3.63) is 54.6 Å². The van der Waals surface area contributed by atoms with E-state index in [4.69, 9.17) is 27.9 Å². The van der Waals surface area contributed by atoms with E-state index in [2.05, 4.69) is 24.6 Å². The predicted molar refractivity (Wildman–Crippen MR) is 111 cm³/mol. The van der Waals surface area contributed by atoms with Gasteiger partial charge in [0.05, 0.1) is 20.0 Å². The van der Waals surface area contributed by atoms with E-state index in [9.17, 15) is 9.59 Å². The smallest absolute Gasteiger partial charge is 0.331 e. The first-order chi connectivity index (χ1) is 12.1. The molecule has 0 fully saturated rings. The van der Waals surface area contributed by atoms with Gasteiger partial charge in [0.15, 0.2) is 0 Å². The van der Waals surface area contributed by atoms with Crippen LogP contribution in [0.4, 0.5) is 0 Å². The fourth-order valence-corrected chi connectivity index (χ4v) is 4.51. The first kappa shape index (κ1) is 21.3. The summed E-state index contributed by atoms with van der Waals surface area (Å²) in [6, 6.07) is 6.16. The van der Waals surface area contributed by atoms with Crippen molar-refractivity contribution < 1.29 is 4.74 Å². The van der Waals surface area contributed by atoms with Crippen LogP contribution >= 0.6 is 35.0 Å². The number of benzene rings is 1. The fourth-order valence-electron chi connectivity index (χ4n) is 2.11. The summed E-state index contributed by atoms with van der Waals surface area (Å²) in [5.74, 6) is 0. The highest BCUT2D eigenvalue weighted by Gasteiger charge is 2.17. The van der Waals surface area contributed by atoms with Crippen LogP contribution in [-0.2, 0) is 11.5 Å². The summed E-state index contributed by atoms with van der Waals surface area (Å²) in [6.45, 7) is 9.06. The monoisotopic (exact) mass is 432 g/mol. The van der Waals surface area contributed by atoms with E-state index in [1.54, 1.807) is 25.1 Å². The van der Waals surface area contributed by atoms with E-state index < -0.39 is 19.3 Å². The zero-order valence-electron chi connectivity index (χ0n) is 15.2. The molecule has 5 nitrogen and oxygen atoms in total. The van der Waals surface area contributed by atoms with Gasteiger partial charge in [0.2, 0.25) is 0 Å². The number of nitrogens with one attached hydrogen (secondary N) is 1. The van der Waals surface area contributed by atoms with Gasteiger partial charge in [-0.1, -0.05) is 60.7 Å². The normalized spacial score (nSPS) is 11.8. The van der Waals surface area contributed by atoms with Gasteiger partial charge in [-0.2, -0.15) is 0 Å². The molecule has 1 aromatic heterocycles. The van der Waals surface area contributed by atoms with E-state index >= 15 is 0 Å². The Labute approximate surface area is 167 Å².